The van der Waals surface area contributed by atoms with Crippen molar-refractivity contribution in [2.24, 2.45) is 5.92 Å². The number of carbonyl (C=O) groups excluding carboxylic acids is 1. The van der Waals surface area contributed by atoms with Gasteiger partial charge in [0, 0.05) is 23.7 Å². The minimum Gasteiger partial charge on any atom is -0.494 e. The average Bonchev–Trinajstić information content (AvgIpc) is 3.29. The second kappa shape index (κ2) is 6.90. The minimum atomic E-state index is -1.10. The number of carboxylic acids is 1. The number of hydrogen-bond donors (Lipinski definition) is 3. The highest BCUT2D eigenvalue weighted by molar-refractivity contribution is 5.97. The molecule has 3 N–H and O–H groups in total. The van der Waals surface area contributed by atoms with Crippen molar-refractivity contribution in [3.05, 3.63) is 33.3 Å². The van der Waals surface area contributed by atoms with E-state index in [-0.39, 0.29) is 28.7 Å². The molecule has 0 bridgehead atoms. The molecule has 1 aliphatic rings. The topological polar surface area (TPSA) is 126 Å². The van der Waals surface area contributed by atoms with Crippen LogP contribution < -0.4 is 10.9 Å². The van der Waals surface area contributed by atoms with Crippen LogP contribution in [0.2, 0.25) is 0 Å². The van der Waals surface area contributed by atoms with Crippen molar-refractivity contribution in [1.82, 2.24) is 19.5 Å². The molecule has 0 aliphatic heterocycles. The molecule has 27 heavy (non-hydrogen) atoms. The van der Waals surface area contributed by atoms with E-state index < -0.39 is 23.3 Å². The lowest BCUT2D eigenvalue weighted by Gasteiger charge is -2.17. The quantitative estimate of drug-likeness (QED) is 0.653. The lowest BCUT2D eigenvalue weighted by molar-refractivity contribution is -0.132. The van der Waals surface area contributed by atoms with E-state index in [1.165, 1.54) is 23.8 Å². The Morgan fingerprint density at radius 1 is 1.41 bits per heavy atom. The van der Waals surface area contributed by atoms with E-state index in [1.54, 1.807) is 0 Å². The average molecular weight is 374 g/mol. The molecule has 0 aromatic carbocycles. The van der Waals surface area contributed by atoms with Gasteiger partial charge in [0.15, 0.2) is 5.56 Å². The van der Waals surface area contributed by atoms with E-state index >= 15 is 0 Å². The van der Waals surface area contributed by atoms with Crippen LogP contribution in [0.1, 0.15) is 49.5 Å². The summed E-state index contributed by atoms with van der Waals surface area (Å²) in [7, 11) is 0. The van der Waals surface area contributed by atoms with Crippen LogP contribution in [0.5, 0.6) is 5.88 Å². The fourth-order valence-corrected chi connectivity index (χ4v) is 2.83. The van der Waals surface area contributed by atoms with Crippen LogP contribution in [0.3, 0.4) is 0 Å². The maximum Gasteiger partial charge on any atom is 0.331 e. The summed E-state index contributed by atoms with van der Waals surface area (Å²) in [6, 6.07) is 0.0277. The van der Waals surface area contributed by atoms with Gasteiger partial charge in [-0.25, -0.2) is 4.79 Å². The zero-order valence-corrected chi connectivity index (χ0v) is 15.4. The van der Waals surface area contributed by atoms with Crippen LogP contribution in [-0.2, 0) is 11.3 Å². The Morgan fingerprint density at radius 2 is 2.07 bits per heavy atom. The molecule has 0 unspecified atom stereocenters. The first-order chi connectivity index (χ1) is 12.7. The van der Waals surface area contributed by atoms with Crippen LogP contribution in [0.4, 0.5) is 0 Å². The number of carboxylic acid groups (broad SMARTS) is 1. The van der Waals surface area contributed by atoms with Crippen molar-refractivity contribution < 1.29 is 19.8 Å². The number of nitrogens with one attached hydrogen (secondary N) is 1. The van der Waals surface area contributed by atoms with Crippen LogP contribution in [-0.4, -0.2) is 42.3 Å². The van der Waals surface area contributed by atoms with Crippen LogP contribution >= 0.6 is 0 Å². The number of amides is 1. The Kier molecular flexibility index (Phi) is 4.77. The van der Waals surface area contributed by atoms with Crippen LogP contribution in [0.25, 0.3) is 11.7 Å². The van der Waals surface area contributed by atoms with Crippen molar-refractivity contribution in [1.29, 1.82) is 0 Å². The third-order valence-corrected chi connectivity index (χ3v) is 4.31. The number of aromatic hydroxyl groups is 1. The summed E-state index contributed by atoms with van der Waals surface area (Å²) < 4.78 is 2.46. The largest absolute Gasteiger partial charge is 0.494 e. The van der Waals surface area contributed by atoms with Crippen molar-refractivity contribution in [3.63, 3.8) is 0 Å². The molecule has 9 heteroatoms. The number of hydrogen-bond acceptors (Lipinski definition) is 5. The summed E-state index contributed by atoms with van der Waals surface area (Å²) in [6.07, 6.45) is 4.42. The van der Waals surface area contributed by atoms with Crippen molar-refractivity contribution in [2.75, 3.05) is 0 Å². The molecule has 144 valence electrons. The minimum absolute atomic E-state index is 0.0277. The molecular weight excluding hydrogens is 352 g/mol. The lowest BCUT2D eigenvalue weighted by Crippen LogP contribution is -2.34. The number of rotatable bonds is 6. The molecule has 0 atom stereocenters. The van der Waals surface area contributed by atoms with Gasteiger partial charge >= 0.3 is 5.97 Å². The molecule has 0 spiro atoms. The van der Waals surface area contributed by atoms with Gasteiger partial charge in [0.2, 0.25) is 5.88 Å². The smallest absolute Gasteiger partial charge is 0.331 e. The summed E-state index contributed by atoms with van der Waals surface area (Å²) in [5.41, 5.74) is -0.424. The van der Waals surface area contributed by atoms with Crippen molar-refractivity contribution in [3.8, 4) is 5.88 Å². The Bertz CT molecular complexity index is 1010. The number of aliphatic carboxylic acids is 1. The molecule has 2 heterocycles. The Hall–Kier alpha value is -3.10. The standard InChI is InChI=1S/C18H22N4O5/c1-9(2)8-21-15-11(6-10(3)18(26)27)7-19-22(15)17(25)13(16(21)24)14(23)20-12-4-5-12/h6-7,9,12,24H,4-5,8H2,1-3H3,(H,20,23)(H,26,27)/b10-6+. The fraction of sp³-hybridized carbons (Fsp3) is 0.444. The summed E-state index contributed by atoms with van der Waals surface area (Å²) in [4.78, 5) is 36.4. The zero-order chi connectivity index (χ0) is 19.9. The van der Waals surface area contributed by atoms with Gasteiger partial charge < -0.3 is 15.5 Å². The Morgan fingerprint density at radius 3 is 2.63 bits per heavy atom. The number of aromatic nitrogens is 3. The summed E-state index contributed by atoms with van der Waals surface area (Å²) in [5.74, 6) is -2.08. The molecule has 1 saturated carbocycles. The molecule has 2 aromatic heterocycles. The van der Waals surface area contributed by atoms with E-state index in [9.17, 15) is 19.5 Å². The van der Waals surface area contributed by atoms with E-state index in [4.69, 9.17) is 5.11 Å². The normalized spacial score (nSPS) is 14.7. The Balaban J connectivity index is 2.26. The van der Waals surface area contributed by atoms with E-state index in [1.807, 2.05) is 13.8 Å². The first-order valence-electron chi connectivity index (χ1n) is 8.76. The highest BCUT2D eigenvalue weighted by Crippen LogP contribution is 2.25. The number of carbonyl (C=O) groups is 2. The summed E-state index contributed by atoms with van der Waals surface area (Å²) >= 11 is 0. The molecule has 0 saturated heterocycles. The van der Waals surface area contributed by atoms with Gasteiger partial charge in [0.1, 0.15) is 5.65 Å². The van der Waals surface area contributed by atoms with Crippen LogP contribution in [0.15, 0.2) is 16.6 Å². The lowest BCUT2D eigenvalue weighted by atomic mass is 10.1. The summed E-state index contributed by atoms with van der Waals surface area (Å²) in [5, 5.41) is 26.6. The first-order valence-corrected chi connectivity index (χ1v) is 8.76. The second-order valence-electron chi connectivity index (χ2n) is 7.22. The van der Waals surface area contributed by atoms with E-state index in [2.05, 4.69) is 10.4 Å². The van der Waals surface area contributed by atoms with Gasteiger partial charge in [0.25, 0.3) is 11.5 Å². The molecule has 9 nitrogen and oxygen atoms in total. The van der Waals surface area contributed by atoms with E-state index in [0.717, 1.165) is 17.4 Å². The third kappa shape index (κ3) is 3.57. The zero-order valence-electron chi connectivity index (χ0n) is 15.4. The first kappa shape index (κ1) is 18.7. The van der Waals surface area contributed by atoms with Gasteiger partial charge in [-0.15, -0.1) is 0 Å². The maximum atomic E-state index is 12.8. The fourth-order valence-electron chi connectivity index (χ4n) is 2.83. The van der Waals surface area contributed by atoms with Gasteiger partial charge in [-0.1, -0.05) is 13.8 Å². The predicted octanol–water partition coefficient (Wildman–Crippen LogP) is 1.24. The number of nitrogens with zero attached hydrogens (tertiary/aromatic N) is 3. The third-order valence-electron chi connectivity index (χ3n) is 4.31. The van der Waals surface area contributed by atoms with Gasteiger partial charge in [-0.2, -0.15) is 9.61 Å². The highest BCUT2D eigenvalue weighted by atomic mass is 16.4. The van der Waals surface area contributed by atoms with E-state index in [0.29, 0.717) is 12.1 Å². The van der Waals surface area contributed by atoms with Gasteiger partial charge in [0.05, 0.1) is 6.20 Å². The summed E-state index contributed by atoms with van der Waals surface area (Å²) in [6.45, 7) is 5.59. The SMILES string of the molecule is C/C(=C\c1cnn2c(=O)c(C(=O)NC3CC3)c(O)n(CC(C)C)c12)C(=O)O. The molecular formula is C18H22N4O5. The van der Waals surface area contributed by atoms with Crippen molar-refractivity contribution in [2.45, 2.75) is 46.2 Å². The molecule has 3 rings (SSSR count). The molecule has 1 amide bonds. The molecule has 0 radical (unpaired) electrons. The molecule has 1 aliphatic carbocycles. The number of fused-ring (bicyclic) bond motifs is 1. The van der Waals surface area contributed by atoms with Gasteiger partial charge in [-0.05, 0) is 31.8 Å². The monoisotopic (exact) mass is 374 g/mol. The predicted molar refractivity (Wildman–Crippen MR) is 97.7 cm³/mol. The second-order valence-corrected chi connectivity index (χ2v) is 7.22. The highest BCUT2D eigenvalue weighted by Gasteiger charge is 2.29. The maximum absolute atomic E-state index is 12.8. The van der Waals surface area contributed by atoms with Crippen molar-refractivity contribution >= 4 is 23.6 Å². The molecule has 2 aromatic rings. The van der Waals surface area contributed by atoms with Crippen LogP contribution in [0, 0.1) is 5.92 Å². The van der Waals surface area contributed by atoms with Gasteiger partial charge in [-0.3, -0.25) is 14.2 Å². The Labute approximate surface area is 154 Å². The molecule has 1 fully saturated rings.